The van der Waals surface area contributed by atoms with Crippen LogP contribution in [-0.2, 0) is 43.2 Å². The molecule has 0 spiro atoms. The number of carboxylic acids is 2. The van der Waals surface area contributed by atoms with Crippen LogP contribution in [0.2, 0.25) is 0 Å². The van der Waals surface area contributed by atoms with Crippen molar-refractivity contribution in [2.75, 3.05) is 19.6 Å². The topological polar surface area (TPSA) is 355 Å². The molecule has 7 atom stereocenters. The molecule has 0 aromatic rings. The number of hydrogen-bond acceptors (Lipinski definition) is 11. The number of rotatable bonds is 26. The second-order valence-electron chi connectivity index (χ2n) is 15.8. The molecule has 0 bridgehead atoms. The first kappa shape index (κ1) is 51.5. The van der Waals surface area contributed by atoms with E-state index in [1.54, 1.807) is 27.7 Å². The lowest BCUT2D eigenvalue weighted by molar-refractivity contribution is -0.143. The molecule has 22 heteroatoms. The van der Waals surface area contributed by atoms with E-state index in [-0.39, 0.29) is 55.9 Å². The minimum Gasteiger partial charge on any atom is -0.481 e. The summed E-state index contributed by atoms with van der Waals surface area (Å²) in [5, 5.41) is 39.3. The van der Waals surface area contributed by atoms with Crippen molar-refractivity contribution in [3.05, 3.63) is 0 Å². The van der Waals surface area contributed by atoms with Gasteiger partial charge in [0.1, 0.15) is 36.3 Å². The molecular weight excluding hydrogens is 774 g/mol. The third-order valence-electron chi connectivity index (χ3n) is 9.07. The van der Waals surface area contributed by atoms with Gasteiger partial charge in [-0.1, -0.05) is 41.5 Å². The van der Waals surface area contributed by atoms with Gasteiger partial charge in [0.2, 0.25) is 41.4 Å². The van der Waals surface area contributed by atoms with Crippen LogP contribution >= 0.6 is 0 Å². The fourth-order valence-corrected chi connectivity index (χ4v) is 5.99. The van der Waals surface area contributed by atoms with E-state index >= 15 is 0 Å². The maximum atomic E-state index is 13.6. The van der Waals surface area contributed by atoms with Crippen LogP contribution in [0.1, 0.15) is 93.4 Å². The molecule has 334 valence electrons. The number of hydrogen-bond donors (Lipinski definition) is 12. The molecule has 1 rings (SSSR count). The highest BCUT2D eigenvalue weighted by Gasteiger charge is 2.33. The minimum atomic E-state index is -1.69. The average Bonchev–Trinajstić information content (AvgIpc) is 3.67. The van der Waals surface area contributed by atoms with Gasteiger partial charge in [-0.25, -0.2) is 4.79 Å². The van der Waals surface area contributed by atoms with Crippen molar-refractivity contribution in [1.82, 2.24) is 42.5 Å². The van der Waals surface area contributed by atoms with Gasteiger partial charge in [-0.3, -0.25) is 43.3 Å². The molecular formula is C37H65N11O11. The zero-order valence-electron chi connectivity index (χ0n) is 35.0. The van der Waals surface area contributed by atoms with E-state index in [4.69, 9.17) is 11.5 Å². The quantitative estimate of drug-likeness (QED) is 0.0237. The molecule has 0 radical (unpaired) electrons. The van der Waals surface area contributed by atoms with Gasteiger partial charge in [-0.05, 0) is 69.7 Å². The highest BCUT2D eigenvalue weighted by molar-refractivity contribution is 5.97. The molecule has 1 aliphatic rings. The van der Waals surface area contributed by atoms with Crippen LogP contribution in [-0.4, -0.2) is 131 Å². The zero-order valence-corrected chi connectivity index (χ0v) is 35.0. The van der Waals surface area contributed by atoms with E-state index < -0.39 is 109 Å². The summed E-state index contributed by atoms with van der Waals surface area (Å²) in [6, 6.07) is -8.21. The SMILES string of the molecule is CC(C)C[C@H](NC(=O)[C@@H]1CCCN1)C(=O)NCC(=O)N[C@@H](CC(=O)O)C(=O)N[C@@H](C)C(=O)N[C@@H](CCCN=C(N)N)C(=O)N[C@@H](CC(C)C)C(=O)N[C@H](C(=O)O)C(C)C. The van der Waals surface area contributed by atoms with Gasteiger partial charge in [0.25, 0.3) is 0 Å². The standard InChI is InChI=1S/C37H65N11O11/c1-18(2)14-24(46-32(54)22-10-8-12-40-22)31(53)42-17-27(49)44-26(16-28(50)51)34(56)43-21(7)30(52)45-23(11-9-13-41-37(38)39)33(55)47-25(15-19(3)4)35(57)48-29(20(5)6)36(58)59/h18-26,29,40H,8-17H2,1-7H3,(H,42,53)(H,43,56)(H,44,49)(H,45,52)(H,46,54)(H,47,55)(H,48,57)(H,50,51)(H,58,59)(H4,38,39,41)/t21-,22-,23-,24-,25-,26-,29-/m0/s1. The predicted octanol–water partition coefficient (Wildman–Crippen LogP) is -2.86. The van der Waals surface area contributed by atoms with Crippen LogP contribution in [0.25, 0.3) is 0 Å². The smallest absolute Gasteiger partial charge is 0.326 e. The molecule has 0 unspecified atom stereocenters. The lowest BCUT2D eigenvalue weighted by Gasteiger charge is -2.27. The number of aliphatic imine (C=N–C) groups is 1. The molecule has 0 aromatic heterocycles. The lowest BCUT2D eigenvalue weighted by Crippen LogP contribution is -2.59. The van der Waals surface area contributed by atoms with Gasteiger partial charge in [-0.2, -0.15) is 0 Å². The summed E-state index contributed by atoms with van der Waals surface area (Å²) in [6.45, 7) is 11.8. The predicted molar refractivity (Wildman–Crippen MR) is 215 cm³/mol. The maximum Gasteiger partial charge on any atom is 0.326 e. The Balaban J connectivity index is 3.07. The number of carbonyl (C=O) groups is 9. The van der Waals surface area contributed by atoms with Crippen molar-refractivity contribution in [3.8, 4) is 0 Å². The van der Waals surface area contributed by atoms with Gasteiger partial charge in [0.15, 0.2) is 5.96 Å². The van der Waals surface area contributed by atoms with Crippen molar-refractivity contribution in [2.24, 2.45) is 34.2 Å². The highest BCUT2D eigenvalue weighted by atomic mass is 16.4. The van der Waals surface area contributed by atoms with Crippen molar-refractivity contribution in [3.63, 3.8) is 0 Å². The Labute approximate surface area is 344 Å². The molecule has 1 fully saturated rings. The van der Waals surface area contributed by atoms with Gasteiger partial charge in [-0.15, -0.1) is 0 Å². The monoisotopic (exact) mass is 839 g/mol. The highest BCUT2D eigenvalue weighted by Crippen LogP contribution is 2.11. The Kier molecular flexibility index (Phi) is 22.5. The largest absolute Gasteiger partial charge is 0.481 e. The van der Waals surface area contributed by atoms with E-state index in [0.29, 0.717) is 13.0 Å². The van der Waals surface area contributed by atoms with E-state index in [0.717, 1.165) is 6.42 Å². The molecule has 1 saturated heterocycles. The summed E-state index contributed by atoms with van der Waals surface area (Å²) < 4.78 is 0. The number of nitrogens with one attached hydrogen (secondary N) is 8. The van der Waals surface area contributed by atoms with E-state index in [1.807, 2.05) is 13.8 Å². The summed E-state index contributed by atoms with van der Waals surface area (Å²) in [4.78, 5) is 119. The Morgan fingerprint density at radius 2 is 1.25 bits per heavy atom. The van der Waals surface area contributed by atoms with E-state index in [1.165, 1.54) is 6.92 Å². The fraction of sp³-hybridized carbons (Fsp3) is 0.730. The molecule has 0 aromatic carbocycles. The molecule has 59 heavy (non-hydrogen) atoms. The van der Waals surface area contributed by atoms with Crippen LogP contribution in [0.4, 0.5) is 0 Å². The van der Waals surface area contributed by atoms with Crippen LogP contribution in [0.3, 0.4) is 0 Å². The minimum absolute atomic E-state index is 0.00465. The van der Waals surface area contributed by atoms with Crippen molar-refractivity contribution in [1.29, 1.82) is 0 Å². The third kappa shape index (κ3) is 20.1. The number of nitrogens with zero attached hydrogens (tertiary/aromatic N) is 1. The second kappa shape index (κ2) is 25.7. The third-order valence-corrected chi connectivity index (χ3v) is 9.07. The molecule has 7 amide bonds. The molecule has 22 nitrogen and oxygen atoms in total. The van der Waals surface area contributed by atoms with Gasteiger partial charge >= 0.3 is 11.9 Å². The fourth-order valence-electron chi connectivity index (χ4n) is 5.99. The van der Waals surface area contributed by atoms with Crippen LogP contribution < -0.4 is 54.0 Å². The van der Waals surface area contributed by atoms with Crippen molar-refractivity contribution >= 4 is 59.2 Å². The summed E-state index contributed by atoms with van der Waals surface area (Å²) in [7, 11) is 0. The molecule has 1 heterocycles. The van der Waals surface area contributed by atoms with Gasteiger partial charge in [0.05, 0.1) is 19.0 Å². The first-order chi connectivity index (χ1) is 27.5. The first-order valence-corrected chi connectivity index (χ1v) is 19.8. The van der Waals surface area contributed by atoms with Gasteiger partial charge < -0.3 is 64.2 Å². The van der Waals surface area contributed by atoms with Crippen LogP contribution in [0.5, 0.6) is 0 Å². The van der Waals surface area contributed by atoms with Gasteiger partial charge in [0, 0.05) is 6.54 Å². The van der Waals surface area contributed by atoms with Crippen molar-refractivity contribution in [2.45, 2.75) is 136 Å². The van der Waals surface area contributed by atoms with E-state index in [9.17, 15) is 53.4 Å². The van der Waals surface area contributed by atoms with Crippen LogP contribution in [0, 0.1) is 17.8 Å². The van der Waals surface area contributed by atoms with E-state index in [2.05, 4.69) is 47.5 Å². The number of amides is 7. The summed E-state index contributed by atoms with van der Waals surface area (Å²) in [5.41, 5.74) is 10.8. The zero-order chi connectivity index (χ0) is 45.0. The number of carboxylic acid groups (broad SMARTS) is 2. The summed E-state index contributed by atoms with van der Waals surface area (Å²) >= 11 is 0. The maximum absolute atomic E-state index is 13.6. The number of aliphatic carboxylic acids is 2. The molecule has 14 N–H and O–H groups in total. The number of guanidine groups is 1. The normalized spacial score (nSPS) is 16.7. The second-order valence-corrected chi connectivity index (χ2v) is 15.8. The number of carbonyl (C=O) groups excluding carboxylic acids is 7. The molecule has 1 aliphatic heterocycles. The Hall–Kier alpha value is -5.54. The Morgan fingerprint density at radius 1 is 0.695 bits per heavy atom. The number of nitrogens with two attached hydrogens (primary N) is 2. The summed E-state index contributed by atoms with van der Waals surface area (Å²) in [5.74, 6) is -8.96. The Bertz CT molecular complexity index is 1510. The lowest BCUT2D eigenvalue weighted by atomic mass is 10.00. The molecule has 0 saturated carbocycles. The average molecular weight is 840 g/mol. The first-order valence-electron chi connectivity index (χ1n) is 19.8. The Morgan fingerprint density at radius 3 is 1.76 bits per heavy atom. The molecule has 0 aliphatic carbocycles. The van der Waals surface area contributed by atoms with Crippen LogP contribution in [0.15, 0.2) is 4.99 Å². The van der Waals surface area contributed by atoms with Crippen molar-refractivity contribution < 1.29 is 53.4 Å². The summed E-state index contributed by atoms with van der Waals surface area (Å²) in [6.07, 6.45) is 1.06.